The molecule has 1 aliphatic carbocycles. The van der Waals surface area contributed by atoms with Gasteiger partial charge in [-0.05, 0) is 24.3 Å². The van der Waals surface area contributed by atoms with Crippen LogP contribution in [-0.4, -0.2) is 28.8 Å². The van der Waals surface area contributed by atoms with E-state index in [1.165, 1.54) is 19.3 Å². The van der Waals surface area contributed by atoms with Gasteiger partial charge in [-0.1, -0.05) is 25.3 Å². The van der Waals surface area contributed by atoms with Gasteiger partial charge in [-0.15, -0.1) is 11.3 Å². The molecule has 0 aromatic carbocycles. The molecule has 112 valence electrons. The van der Waals surface area contributed by atoms with Gasteiger partial charge in [-0.2, -0.15) is 5.10 Å². The number of aromatic nitrogens is 2. The molecule has 0 spiro atoms. The lowest BCUT2D eigenvalue weighted by molar-refractivity contribution is -0.123. The van der Waals surface area contributed by atoms with Crippen LogP contribution in [0.25, 0.3) is 10.6 Å². The molecule has 21 heavy (non-hydrogen) atoms. The van der Waals surface area contributed by atoms with Crippen molar-refractivity contribution < 1.29 is 9.53 Å². The molecule has 2 N–H and O–H groups in total. The van der Waals surface area contributed by atoms with E-state index in [4.69, 9.17) is 4.74 Å². The van der Waals surface area contributed by atoms with E-state index < -0.39 is 0 Å². The van der Waals surface area contributed by atoms with E-state index in [0.717, 1.165) is 23.4 Å². The fraction of sp³-hybridized carbons (Fsp3) is 0.467. The molecule has 1 aliphatic rings. The first kappa shape index (κ1) is 14.3. The molecule has 2 aromatic rings. The zero-order chi connectivity index (χ0) is 14.5. The van der Waals surface area contributed by atoms with Crippen LogP contribution >= 0.6 is 11.3 Å². The van der Waals surface area contributed by atoms with E-state index in [0.29, 0.717) is 5.82 Å². The Balaban J connectivity index is 1.48. The average Bonchev–Trinajstić information content (AvgIpc) is 3.17. The molecule has 2 aromatic heterocycles. The molecular weight excluding hydrogens is 286 g/mol. The number of carbonyl (C=O) groups is 1. The van der Waals surface area contributed by atoms with E-state index in [1.54, 1.807) is 11.3 Å². The Kier molecular flexibility index (Phi) is 4.67. The molecule has 0 unspecified atom stereocenters. The van der Waals surface area contributed by atoms with Gasteiger partial charge in [-0.3, -0.25) is 9.89 Å². The second-order valence-electron chi connectivity index (χ2n) is 5.26. The van der Waals surface area contributed by atoms with Crippen LogP contribution in [0.3, 0.4) is 0 Å². The summed E-state index contributed by atoms with van der Waals surface area (Å²) < 4.78 is 5.65. The van der Waals surface area contributed by atoms with Crippen molar-refractivity contribution in [3.05, 3.63) is 23.6 Å². The molecular formula is C15H19N3O2S. The molecule has 0 atom stereocenters. The van der Waals surface area contributed by atoms with Gasteiger partial charge >= 0.3 is 0 Å². The third-order valence-electron chi connectivity index (χ3n) is 3.63. The Bertz CT molecular complexity index is 574. The van der Waals surface area contributed by atoms with Crippen LogP contribution in [0.4, 0.5) is 5.82 Å². The quantitative estimate of drug-likeness (QED) is 0.889. The molecule has 2 heterocycles. The van der Waals surface area contributed by atoms with Crippen LogP contribution in [-0.2, 0) is 9.53 Å². The van der Waals surface area contributed by atoms with Crippen LogP contribution in [0, 0.1) is 0 Å². The van der Waals surface area contributed by atoms with Crippen molar-refractivity contribution in [3.8, 4) is 10.6 Å². The fourth-order valence-corrected chi connectivity index (χ4v) is 3.24. The Morgan fingerprint density at radius 3 is 3.05 bits per heavy atom. The van der Waals surface area contributed by atoms with Crippen molar-refractivity contribution >= 4 is 23.1 Å². The number of carbonyl (C=O) groups excluding carboxylic acids is 1. The number of anilines is 1. The number of hydrogen-bond acceptors (Lipinski definition) is 4. The molecule has 3 rings (SSSR count). The summed E-state index contributed by atoms with van der Waals surface area (Å²) in [7, 11) is 0. The molecule has 1 fully saturated rings. The van der Waals surface area contributed by atoms with Crippen LogP contribution in [0.1, 0.15) is 32.1 Å². The van der Waals surface area contributed by atoms with Gasteiger partial charge in [0, 0.05) is 6.07 Å². The Labute approximate surface area is 127 Å². The van der Waals surface area contributed by atoms with Gasteiger partial charge in [-0.25, -0.2) is 0 Å². The Morgan fingerprint density at radius 1 is 1.43 bits per heavy atom. The number of rotatable bonds is 5. The van der Waals surface area contributed by atoms with Crippen molar-refractivity contribution in [2.75, 3.05) is 11.9 Å². The second-order valence-corrected chi connectivity index (χ2v) is 6.21. The summed E-state index contributed by atoms with van der Waals surface area (Å²) in [6.45, 7) is 0.103. The van der Waals surface area contributed by atoms with Crippen molar-refractivity contribution in [2.45, 2.75) is 38.2 Å². The number of aromatic amines is 1. The zero-order valence-electron chi connectivity index (χ0n) is 11.8. The van der Waals surface area contributed by atoms with E-state index in [2.05, 4.69) is 15.5 Å². The SMILES string of the molecule is O=C(COC1CCCCC1)Nc1cc(-c2cccs2)[nH]n1. The summed E-state index contributed by atoms with van der Waals surface area (Å²) in [4.78, 5) is 13.0. The normalized spacial score (nSPS) is 16.0. The Hall–Kier alpha value is -1.66. The van der Waals surface area contributed by atoms with Crippen LogP contribution in [0.5, 0.6) is 0 Å². The number of thiophene rings is 1. The molecule has 6 heteroatoms. The number of ether oxygens (including phenoxy) is 1. The van der Waals surface area contributed by atoms with Gasteiger partial charge in [0.15, 0.2) is 5.82 Å². The first-order valence-corrected chi connectivity index (χ1v) is 8.20. The highest BCUT2D eigenvalue weighted by atomic mass is 32.1. The van der Waals surface area contributed by atoms with Gasteiger partial charge in [0.2, 0.25) is 0 Å². The summed E-state index contributed by atoms with van der Waals surface area (Å²) in [6, 6.07) is 5.83. The lowest BCUT2D eigenvalue weighted by atomic mass is 9.98. The van der Waals surface area contributed by atoms with E-state index in [-0.39, 0.29) is 18.6 Å². The maximum Gasteiger partial charge on any atom is 0.251 e. The molecule has 5 nitrogen and oxygen atoms in total. The summed E-state index contributed by atoms with van der Waals surface area (Å²) in [5.41, 5.74) is 0.911. The zero-order valence-corrected chi connectivity index (χ0v) is 12.6. The number of nitrogens with one attached hydrogen (secondary N) is 2. The minimum atomic E-state index is -0.148. The average molecular weight is 305 g/mol. The maximum absolute atomic E-state index is 11.9. The van der Waals surface area contributed by atoms with Crippen molar-refractivity contribution in [2.24, 2.45) is 0 Å². The molecule has 1 saturated carbocycles. The van der Waals surface area contributed by atoms with E-state index in [1.807, 2.05) is 23.6 Å². The van der Waals surface area contributed by atoms with Crippen molar-refractivity contribution in [1.82, 2.24) is 10.2 Å². The topological polar surface area (TPSA) is 67.0 Å². The monoisotopic (exact) mass is 305 g/mol. The predicted octanol–water partition coefficient (Wildman–Crippen LogP) is 3.43. The molecule has 0 bridgehead atoms. The summed E-state index contributed by atoms with van der Waals surface area (Å²) in [5, 5.41) is 11.8. The highest BCUT2D eigenvalue weighted by Crippen LogP contribution is 2.24. The van der Waals surface area contributed by atoms with E-state index >= 15 is 0 Å². The summed E-state index contributed by atoms with van der Waals surface area (Å²) in [5.74, 6) is 0.389. The van der Waals surface area contributed by atoms with Gasteiger partial charge in [0.1, 0.15) is 6.61 Å². The first-order valence-electron chi connectivity index (χ1n) is 7.32. The molecule has 0 saturated heterocycles. The molecule has 0 radical (unpaired) electrons. The Morgan fingerprint density at radius 2 is 2.29 bits per heavy atom. The van der Waals surface area contributed by atoms with E-state index in [9.17, 15) is 4.79 Å². The molecule has 1 amide bonds. The van der Waals surface area contributed by atoms with Crippen molar-refractivity contribution in [1.29, 1.82) is 0 Å². The summed E-state index contributed by atoms with van der Waals surface area (Å²) in [6.07, 6.45) is 6.07. The third kappa shape index (κ3) is 3.92. The predicted molar refractivity (Wildman–Crippen MR) is 83.4 cm³/mol. The van der Waals surface area contributed by atoms with Gasteiger partial charge < -0.3 is 10.1 Å². The highest BCUT2D eigenvalue weighted by molar-refractivity contribution is 7.13. The largest absolute Gasteiger partial charge is 0.368 e. The molecule has 0 aliphatic heterocycles. The third-order valence-corrected chi connectivity index (χ3v) is 4.54. The second kappa shape index (κ2) is 6.87. The minimum Gasteiger partial charge on any atom is -0.368 e. The lowest BCUT2D eigenvalue weighted by Crippen LogP contribution is -2.24. The number of amides is 1. The minimum absolute atomic E-state index is 0.103. The van der Waals surface area contributed by atoms with Crippen LogP contribution in [0.2, 0.25) is 0 Å². The smallest absolute Gasteiger partial charge is 0.251 e. The first-order chi connectivity index (χ1) is 10.3. The van der Waals surface area contributed by atoms with Crippen LogP contribution < -0.4 is 5.32 Å². The highest BCUT2D eigenvalue weighted by Gasteiger charge is 2.15. The van der Waals surface area contributed by atoms with Crippen LogP contribution in [0.15, 0.2) is 23.6 Å². The number of nitrogens with zero attached hydrogens (tertiary/aromatic N) is 1. The van der Waals surface area contributed by atoms with Crippen molar-refractivity contribution in [3.63, 3.8) is 0 Å². The van der Waals surface area contributed by atoms with Gasteiger partial charge in [0.05, 0.1) is 16.7 Å². The lowest BCUT2D eigenvalue weighted by Gasteiger charge is -2.21. The van der Waals surface area contributed by atoms with Gasteiger partial charge in [0.25, 0.3) is 5.91 Å². The number of H-pyrrole nitrogens is 1. The maximum atomic E-state index is 11.9. The fourth-order valence-electron chi connectivity index (χ4n) is 2.55. The number of hydrogen-bond donors (Lipinski definition) is 2. The standard InChI is InChI=1S/C15H19N3O2S/c19-15(10-20-11-5-2-1-3-6-11)16-14-9-12(17-18-14)13-7-4-8-21-13/h4,7-9,11H,1-3,5-6,10H2,(H2,16,17,18,19). The summed E-state index contributed by atoms with van der Waals surface area (Å²) >= 11 is 1.63.